The zero-order valence-electron chi connectivity index (χ0n) is 11.5. The van der Waals surface area contributed by atoms with Crippen LogP contribution >= 0.6 is 0 Å². The Bertz CT molecular complexity index is 347. The highest BCUT2D eigenvalue weighted by Crippen LogP contribution is 2.18. The molecule has 0 aliphatic heterocycles. The molecular formula is C16H25NO. The molecule has 0 bridgehead atoms. The quantitative estimate of drug-likeness (QED) is 0.674. The molecule has 1 saturated carbocycles. The molecule has 0 atom stereocenters. The van der Waals surface area contributed by atoms with E-state index in [1.54, 1.807) is 0 Å². The highest BCUT2D eigenvalue weighted by molar-refractivity contribution is 5.28. The molecule has 1 fully saturated rings. The second-order valence-electron chi connectivity index (χ2n) is 5.14. The third kappa shape index (κ3) is 5.09. The van der Waals surface area contributed by atoms with Gasteiger partial charge in [0.15, 0.2) is 0 Å². The summed E-state index contributed by atoms with van der Waals surface area (Å²) in [4.78, 5) is 0. The van der Waals surface area contributed by atoms with Crippen LogP contribution in [-0.4, -0.2) is 19.2 Å². The van der Waals surface area contributed by atoms with E-state index in [1.165, 1.54) is 37.8 Å². The van der Waals surface area contributed by atoms with Crippen LogP contribution in [0.3, 0.4) is 0 Å². The van der Waals surface area contributed by atoms with Crippen LogP contribution in [0.5, 0.6) is 5.75 Å². The van der Waals surface area contributed by atoms with Crippen molar-refractivity contribution < 1.29 is 4.74 Å². The summed E-state index contributed by atoms with van der Waals surface area (Å²) in [6.07, 6.45) is 7.53. The van der Waals surface area contributed by atoms with Crippen LogP contribution in [0.2, 0.25) is 0 Å². The number of benzene rings is 1. The molecule has 0 radical (unpaired) electrons. The van der Waals surface area contributed by atoms with Crippen LogP contribution in [-0.2, 0) is 6.42 Å². The molecule has 1 aromatic rings. The van der Waals surface area contributed by atoms with Gasteiger partial charge in [-0.2, -0.15) is 0 Å². The molecule has 2 heteroatoms. The molecular weight excluding hydrogens is 222 g/mol. The molecule has 0 saturated heterocycles. The van der Waals surface area contributed by atoms with Crippen molar-refractivity contribution in [3.05, 3.63) is 29.8 Å². The number of rotatable bonds is 9. The van der Waals surface area contributed by atoms with E-state index >= 15 is 0 Å². The molecule has 1 N–H and O–H groups in total. The Morgan fingerprint density at radius 2 is 2.11 bits per heavy atom. The molecule has 0 amide bonds. The molecule has 1 aliphatic rings. The summed E-state index contributed by atoms with van der Waals surface area (Å²) >= 11 is 0. The standard InChI is InChI=1S/C16H25NO/c1-2-14-7-6-8-16(13-14)18-12-5-3-4-11-17-15-9-10-15/h6-8,13,15,17H,2-5,9-12H2,1H3. The Balaban J connectivity index is 1.51. The predicted octanol–water partition coefficient (Wildman–Crippen LogP) is 3.55. The van der Waals surface area contributed by atoms with E-state index < -0.39 is 0 Å². The fraction of sp³-hybridized carbons (Fsp3) is 0.625. The number of nitrogens with one attached hydrogen (secondary N) is 1. The van der Waals surface area contributed by atoms with Crippen LogP contribution in [0, 0.1) is 0 Å². The van der Waals surface area contributed by atoms with Crippen LogP contribution < -0.4 is 10.1 Å². The summed E-state index contributed by atoms with van der Waals surface area (Å²) in [6.45, 7) is 4.19. The molecule has 0 heterocycles. The highest BCUT2D eigenvalue weighted by Gasteiger charge is 2.19. The zero-order valence-corrected chi connectivity index (χ0v) is 11.5. The second kappa shape index (κ2) is 7.42. The Labute approximate surface area is 111 Å². The van der Waals surface area contributed by atoms with E-state index in [4.69, 9.17) is 4.74 Å². The van der Waals surface area contributed by atoms with Gasteiger partial charge >= 0.3 is 0 Å². The Kier molecular flexibility index (Phi) is 5.53. The summed E-state index contributed by atoms with van der Waals surface area (Å²) in [6, 6.07) is 9.27. The van der Waals surface area contributed by atoms with Crippen molar-refractivity contribution in [2.45, 2.75) is 51.5 Å². The Morgan fingerprint density at radius 3 is 2.89 bits per heavy atom. The van der Waals surface area contributed by atoms with Gasteiger partial charge < -0.3 is 10.1 Å². The van der Waals surface area contributed by atoms with E-state index in [2.05, 4.69) is 30.4 Å². The van der Waals surface area contributed by atoms with E-state index in [9.17, 15) is 0 Å². The molecule has 0 unspecified atom stereocenters. The molecule has 100 valence electrons. The molecule has 0 spiro atoms. The molecule has 0 aromatic heterocycles. The Morgan fingerprint density at radius 1 is 1.22 bits per heavy atom. The number of hydrogen-bond acceptors (Lipinski definition) is 2. The first kappa shape index (κ1) is 13.4. The minimum absolute atomic E-state index is 0.844. The van der Waals surface area contributed by atoms with Crippen molar-refractivity contribution in [2.24, 2.45) is 0 Å². The summed E-state index contributed by atoms with van der Waals surface area (Å²) in [5, 5.41) is 3.54. The number of aryl methyl sites for hydroxylation is 1. The minimum atomic E-state index is 0.844. The molecule has 2 nitrogen and oxygen atoms in total. The molecule has 1 aromatic carbocycles. The molecule has 1 aliphatic carbocycles. The third-order valence-corrected chi connectivity index (χ3v) is 3.41. The average molecular weight is 247 g/mol. The van der Waals surface area contributed by atoms with E-state index in [-0.39, 0.29) is 0 Å². The maximum Gasteiger partial charge on any atom is 0.119 e. The second-order valence-corrected chi connectivity index (χ2v) is 5.14. The van der Waals surface area contributed by atoms with E-state index in [0.29, 0.717) is 0 Å². The normalized spacial score (nSPS) is 14.7. The van der Waals surface area contributed by atoms with Crippen molar-refractivity contribution in [2.75, 3.05) is 13.2 Å². The monoisotopic (exact) mass is 247 g/mol. The van der Waals surface area contributed by atoms with Gasteiger partial charge in [-0.3, -0.25) is 0 Å². The summed E-state index contributed by atoms with van der Waals surface area (Å²) in [5.41, 5.74) is 1.35. The maximum absolute atomic E-state index is 5.77. The SMILES string of the molecule is CCc1cccc(OCCCCCNC2CC2)c1. The third-order valence-electron chi connectivity index (χ3n) is 3.41. The van der Waals surface area contributed by atoms with Crippen LogP contribution in [0.1, 0.15) is 44.6 Å². The fourth-order valence-corrected chi connectivity index (χ4v) is 2.04. The Hall–Kier alpha value is -1.02. The van der Waals surface area contributed by atoms with Gasteiger partial charge in [0.25, 0.3) is 0 Å². The van der Waals surface area contributed by atoms with Crippen molar-refractivity contribution in [1.82, 2.24) is 5.32 Å². The molecule has 18 heavy (non-hydrogen) atoms. The van der Waals surface area contributed by atoms with Gasteiger partial charge in [0.1, 0.15) is 5.75 Å². The minimum Gasteiger partial charge on any atom is -0.494 e. The van der Waals surface area contributed by atoms with Gasteiger partial charge in [-0.1, -0.05) is 19.1 Å². The first-order valence-corrected chi connectivity index (χ1v) is 7.33. The predicted molar refractivity (Wildman–Crippen MR) is 76.2 cm³/mol. The van der Waals surface area contributed by atoms with Crippen molar-refractivity contribution in [1.29, 1.82) is 0 Å². The summed E-state index contributed by atoms with van der Waals surface area (Å²) in [7, 11) is 0. The summed E-state index contributed by atoms with van der Waals surface area (Å²) < 4.78 is 5.77. The lowest BCUT2D eigenvalue weighted by atomic mass is 10.2. The van der Waals surface area contributed by atoms with Crippen LogP contribution in [0.4, 0.5) is 0 Å². The van der Waals surface area contributed by atoms with Gasteiger partial charge in [-0.05, 0) is 62.8 Å². The lowest BCUT2D eigenvalue weighted by molar-refractivity contribution is 0.304. The zero-order chi connectivity index (χ0) is 12.6. The largest absolute Gasteiger partial charge is 0.494 e. The lowest BCUT2D eigenvalue weighted by Gasteiger charge is -2.07. The number of ether oxygens (including phenoxy) is 1. The first-order chi connectivity index (χ1) is 8.88. The van der Waals surface area contributed by atoms with Crippen LogP contribution in [0.15, 0.2) is 24.3 Å². The topological polar surface area (TPSA) is 21.3 Å². The van der Waals surface area contributed by atoms with Crippen LogP contribution in [0.25, 0.3) is 0 Å². The average Bonchev–Trinajstić information content (AvgIpc) is 3.22. The van der Waals surface area contributed by atoms with E-state index in [1.807, 2.05) is 6.07 Å². The van der Waals surface area contributed by atoms with Gasteiger partial charge in [0, 0.05) is 6.04 Å². The summed E-state index contributed by atoms with van der Waals surface area (Å²) in [5.74, 6) is 1.02. The van der Waals surface area contributed by atoms with Gasteiger partial charge in [0.2, 0.25) is 0 Å². The molecule has 2 rings (SSSR count). The van der Waals surface area contributed by atoms with Gasteiger partial charge in [-0.15, -0.1) is 0 Å². The number of unbranched alkanes of at least 4 members (excludes halogenated alkanes) is 2. The van der Waals surface area contributed by atoms with E-state index in [0.717, 1.165) is 31.2 Å². The van der Waals surface area contributed by atoms with Gasteiger partial charge in [-0.25, -0.2) is 0 Å². The lowest BCUT2D eigenvalue weighted by Crippen LogP contribution is -2.17. The smallest absolute Gasteiger partial charge is 0.119 e. The highest BCUT2D eigenvalue weighted by atomic mass is 16.5. The first-order valence-electron chi connectivity index (χ1n) is 7.33. The van der Waals surface area contributed by atoms with Crippen molar-refractivity contribution in [3.8, 4) is 5.75 Å². The van der Waals surface area contributed by atoms with Gasteiger partial charge in [0.05, 0.1) is 6.61 Å². The fourth-order valence-electron chi connectivity index (χ4n) is 2.04. The maximum atomic E-state index is 5.77. The number of hydrogen-bond donors (Lipinski definition) is 1. The van der Waals surface area contributed by atoms with Crippen molar-refractivity contribution >= 4 is 0 Å². The van der Waals surface area contributed by atoms with Crippen molar-refractivity contribution in [3.63, 3.8) is 0 Å².